The molecule has 0 radical (unpaired) electrons. The minimum Gasteiger partial charge on any atom is -0.373 e. The van der Waals surface area contributed by atoms with E-state index in [0.29, 0.717) is 24.3 Å². The van der Waals surface area contributed by atoms with Crippen LogP contribution in [0.3, 0.4) is 0 Å². The largest absolute Gasteiger partial charge is 0.373 e. The summed E-state index contributed by atoms with van der Waals surface area (Å²) in [5, 5.41) is 2.89. The second kappa shape index (κ2) is 9.43. The first-order chi connectivity index (χ1) is 15.7. The summed E-state index contributed by atoms with van der Waals surface area (Å²) < 4.78 is 33.1. The van der Waals surface area contributed by atoms with Crippen LogP contribution in [0.4, 0.5) is 5.69 Å². The van der Waals surface area contributed by atoms with Crippen LogP contribution in [0.2, 0.25) is 0 Å². The Morgan fingerprint density at radius 3 is 2.36 bits per heavy atom. The number of ether oxygens (including phenoxy) is 1. The van der Waals surface area contributed by atoms with Gasteiger partial charge in [0, 0.05) is 36.1 Å². The van der Waals surface area contributed by atoms with Gasteiger partial charge in [0.15, 0.2) is 0 Å². The normalized spacial score (nSPS) is 19.2. The fourth-order valence-electron chi connectivity index (χ4n) is 3.96. The van der Waals surface area contributed by atoms with Crippen molar-refractivity contribution < 1.29 is 17.9 Å². The van der Waals surface area contributed by atoms with Gasteiger partial charge in [-0.2, -0.15) is 4.31 Å². The van der Waals surface area contributed by atoms with Crippen LogP contribution in [0, 0.1) is 6.92 Å². The Hall–Kier alpha value is -3.07. The van der Waals surface area contributed by atoms with Gasteiger partial charge >= 0.3 is 0 Å². The van der Waals surface area contributed by atoms with Gasteiger partial charge in [-0.25, -0.2) is 8.42 Å². The van der Waals surface area contributed by atoms with Crippen molar-refractivity contribution in [3.63, 3.8) is 0 Å². The van der Waals surface area contributed by atoms with Crippen molar-refractivity contribution in [1.82, 2.24) is 9.29 Å². The zero-order valence-electron chi connectivity index (χ0n) is 18.9. The number of aromatic nitrogens is 1. The van der Waals surface area contributed by atoms with Crippen LogP contribution in [-0.2, 0) is 14.8 Å². The number of carbonyl (C=O) groups is 1. The Labute approximate surface area is 194 Å². The van der Waals surface area contributed by atoms with Crippen LogP contribution in [0.25, 0.3) is 11.3 Å². The number of pyridine rings is 1. The lowest BCUT2D eigenvalue weighted by Crippen LogP contribution is -2.48. The van der Waals surface area contributed by atoms with Crippen molar-refractivity contribution in [2.75, 3.05) is 18.4 Å². The van der Waals surface area contributed by atoms with Crippen LogP contribution >= 0.6 is 0 Å². The number of benzene rings is 2. The fourth-order valence-corrected chi connectivity index (χ4v) is 5.55. The average Bonchev–Trinajstić information content (AvgIpc) is 2.80. The van der Waals surface area contributed by atoms with Gasteiger partial charge in [0.1, 0.15) is 0 Å². The van der Waals surface area contributed by atoms with Gasteiger partial charge in [-0.3, -0.25) is 9.78 Å². The zero-order chi connectivity index (χ0) is 23.6. The highest BCUT2D eigenvalue weighted by atomic mass is 32.2. The molecule has 1 aromatic heterocycles. The standard InChI is InChI=1S/C25H27N3O4S/c1-17-7-10-21(14-23(17)24-6-4-5-13-26-24)27-25(29)20-8-11-22(12-9-20)33(30,31)28-15-18(2)32-19(3)16-28/h4-14,18-19H,15-16H2,1-3H3,(H,27,29). The SMILES string of the molecule is Cc1ccc(NC(=O)c2ccc(S(=O)(=O)N3CC(C)OC(C)C3)cc2)cc1-c1ccccn1. The predicted molar refractivity (Wildman–Crippen MR) is 128 cm³/mol. The van der Waals surface area contributed by atoms with Crippen LogP contribution in [0.5, 0.6) is 0 Å². The molecule has 0 bridgehead atoms. The van der Waals surface area contributed by atoms with Gasteiger partial charge in [-0.15, -0.1) is 0 Å². The summed E-state index contributed by atoms with van der Waals surface area (Å²) in [6.07, 6.45) is 1.39. The quantitative estimate of drug-likeness (QED) is 0.613. The number of hydrogen-bond donors (Lipinski definition) is 1. The molecule has 4 rings (SSSR count). The Kier molecular flexibility index (Phi) is 6.60. The van der Waals surface area contributed by atoms with E-state index in [2.05, 4.69) is 10.3 Å². The van der Waals surface area contributed by atoms with Gasteiger partial charge in [0.2, 0.25) is 10.0 Å². The lowest BCUT2D eigenvalue weighted by atomic mass is 10.0. The highest BCUT2D eigenvalue weighted by molar-refractivity contribution is 7.89. The number of morpholine rings is 1. The first-order valence-corrected chi connectivity index (χ1v) is 12.3. The molecule has 1 saturated heterocycles. The number of hydrogen-bond acceptors (Lipinski definition) is 5. The van der Waals surface area contributed by atoms with E-state index in [1.807, 2.05) is 57.2 Å². The van der Waals surface area contributed by atoms with Crippen molar-refractivity contribution in [1.29, 1.82) is 0 Å². The first-order valence-electron chi connectivity index (χ1n) is 10.8. The first kappa shape index (κ1) is 23.1. The molecule has 7 nitrogen and oxygen atoms in total. The molecule has 3 aromatic rings. The smallest absolute Gasteiger partial charge is 0.255 e. The van der Waals surface area contributed by atoms with Gasteiger partial charge in [0.25, 0.3) is 5.91 Å². The third-order valence-electron chi connectivity index (χ3n) is 5.58. The third kappa shape index (κ3) is 5.13. The van der Waals surface area contributed by atoms with E-state index in [1.165, 1.54) is 28.6 Å². The Balaban J connectivity index is 1.50. The lowest BCUT2D eigenvalue weighted by molar-refractivity contribution is -0.0440. The Morgan fingerprint density at radius 2 is 1.73 bits per heavy atom. The van der Waals surface area contributed by atoms with E-state index in [4.69, 9.17) is 4.74 Å². The molecule has 2 atom stereocenters. The van der Waals surface area contributed by atoms with Gasteiger partial charge in [-0.1, -0.05) is 12.1 Å². The zero-order valence-corrected chi connectivity index (χ0v) is 19.7. The van der Waals surface area contributed by atoms with E-state index < -0.39 is 10.0 Å². The summed E-state index contributed by atoms with van der Waals surface area (Å²) in [7, 11) is -3.66. The van der Waals surface area contributed by atoms with E-state index >= 15 is 0 Å². The number of nitrogens with zero attached hydrogens (tertiary/aromatic N) is 2. The van der Waals surface area contributed by atoms with Gasteiger partial charge in [-0.05, 0) is 74.9 Å². The fraction of sp³-hybridized carbons (Fsp3) is 0.280. The monoisotopic (exact) mass is 465 g/mol. The van der Waals surface area contributed by atoms with Crippen LogP contribution in [0.15, 0.2) is 71.8 Å². The molecule has 172 valence electrons. The molecule has 0 spiro atoms. The summed E-state index contributed by atoms with van der Waals surface area (Å²) in [6.45, 7) is 6.32. The lowest BCUT2D eigenvalue weighted by Gasteiger charge is -2.34. The highest BCUT2D eigenvalue weighted by Gasteiger charge is 2.32. The third-order valence-corrected chi connectivity index (χ3v) is 7.42. The van der Waals surface area contributed by atoms with Crippen molar-refractivity contribution >= 4 is 21.6 Å². The molecule has 1 aliphatic rings. The average molecular weight is 466 g/mol. The molecule has 1 N–H and O–H groups in total. The summed E-state index contributed by atoms with van der Waals surface area (Å²) >= 11 is 0. The Morgan fingerprint density at radius 1 is 1.03 bits per heavy atom. The molecule has 2 heterocycles. The van der Waals surface area contributed by atoms with Crippen LogP contribution in [0.1, 0.15) is 29.8 Å². The highest BCUT2D eigenvalue weighted by Crippen LogP contribution is 2.26. The van der Waals surface area contributed by atoms with Gasteiger partial charge < -0.3 is 10.1 Å². The number of anilines is 1. The minimum atomic E-state index is -3.66. The number of sulfonamides is 1. The Bertz CT molecular complexity index is 1230. The molecule has 33 heavy (non-hydrogen) atoms. The summed E-state index contributed by atoms with van der Waals surface area (Å²) in [5.41, 5.74) is 3.82. The van der Waals surface area contributed by atoms with E-state index in [-0.39, 0.29) is 23.0 Å². The molecule has 8 heteroatoms. The minimum absolute atomic E-state index is 0.160. The molecular weight excluding hydrogens is 438 g/mol. The van der Waals surface area contributed by atoms with Gasteiger partial charge in [0.05, 0.1) is 22.8 Å². The molecule has 0 aliphatic carbocycles. The summed E-state index contributed by atoms with van der Waals surface area (Å²) in [6, 6.07) is 17.4. The van der Waals surface area contributed by atoms with E-state index in [0.717, 1.165) is 16.8 Å². The molecule has 1 amide bonds. The number of carbonyl (C=O) groups excluding carboxylic acids is 1. The predicted octanol–water partition coefficient (Wildman–Crippen LogP) is 4.11. The number of rotatable bonds is 5. The maximum atomic E-state index is 13.0. The van der Waals surface area contributed by atoms with Crippen molar-refractivity contribution in [2.45, 2.75) is 37.9 Å². The number of nitrogens with one attached hydrogen (secondary N) is 1. The van der Waals surface area contributed by atoms with Crippen LogP contribution < -0.4 is 5.32 Å². The second-order valence-corrected chi connectivity index (χ2v) is 10.2. The van der Waals surface area contributed by atoms with Crippen molar-refractivity contribution in [3.8, 4) is 11.3 Å². The number of aryl methyl sites for hydroxylation is 1. The molecule has 1 aliphatic heterocycles. The molecule has 2 aromatic carbocycles. The van der Waals surface area contributed by atoms with E-state index in [1.54, 1.807) is 6.20 Å². The molecular formula is C25H27N3O4S. The second-order valence-electron chi connectivity index (χ2n) is 8.30. The summed E-state index contributed by atoms with van der Waals surface area (Å²) in [5.74, 6) is -0.316. The maximum Gasteiger partial charge on any atom is 0.255 e. The maximum absolute atomic E-state index is 13.0. The molecule has 1 fully saturated rings. The van der Waals surface area contributed by atoms with Crippen molar-refractivity contribution in [2.24, 2.45) is 0 Å². The summed E-state index contributed by atoms with van der Waals surface area (Å²) in [4.78, 5) is 17.3. The van der Waals surface area contributed by atoms with Crippen LogP contribution in [-0.4, -0.2) is 48.9 Å². The van der Waals surface area contributed by atoms with E-state index in [9.17, 15) is 13.2 Å². The van der Waals surface area contributed by atoms with Crippen molar-refractivity contribution in [3.05, 3.63) is 78.0 Å². The number of amides is 1. The topological polar surface area (TPSA) is 88.6 Å². The molecule has 0 saturated carbocycles. The molecule has 2 unspecified atom stereocenters.